The first kappa shape index (κ1) is 13.9. The average Bonchev–Trinajstić information content (AvgIpc) is 2.95. The molecule has 6 heteroatoms. The molecule has 0 spiro atoms. The molecular formula is C16H17N5O. The monoisotopic (exact) mass is 295 g/mol. The molecule has 0 radical (unpaired) electrons. The number of nitrogens with one attached hydrogen (secondary N) is 1. The minimum absolute atomic E-state index is 0.350. The highest BCUT2D eigenvalue weighted by atomic mass is 16.5. The van der Waals surface area contributed by atoms with Crippen molar-refractivity contribution in [2.45, 2.75) is 6.54 Å². The lowest BCUT2D eigenvalue weighted by Crippen LogP contribution is -2.03. The molecule has 112 valence electrons. The van der Waals surface area contributed by atoms with E-state index in [2.05, 4.69) is 15.4 Å². The maximum Gasteiger partial charge on any atom is 0.244 e. The molecule has 1 heterocycles. The molecule has 0 unspecified atom stereocenters. The summed E-state index contributed by atoms with van der Waals surface area (Å²) in [6.45, 7) is 0.613. The Bertz CT molecular complexity index is 737. The van der Waals surface area contributed by atoms with Gasteiger partial charge in [0.1, 0.15) is 5.75 Å². The number of anilines is 2. The van der Waals surface area contributed by atoms with Crippen molar-refractivity contribution in [3.05, 3.63) is 60.2 Å². The van der Waals surface area contributed by atoms with Crippen LogP contribution in [-0.2, 0) is 6.54 Å². The Labute approximate surface area is 128 Å². The van der Waals surface area contributed by atoms with E-state index >= 15 is 0 Å². The molecule has 0 saturated carbocycles. The van der Waals surface area contributed by atoms with E-state index in [-0.39, 0.29) is 0 Å². The zero-order chi connectivity index (χ0) is 15.4. The fraction of sp³-hybridized carbons (Fsp3) is 0.125. The fourth-order valence-corrected chi connectivity index (χ4v) is 2.08. The molecule has 3 rings (SSSR count). The predicted octanol–water partition coefficient (Wildman–Crippen LogP) is 2.47. The maximum absolute atomic E-state index is 5.91. The van der Waals surface area contributed by atoms with Crippen molar-refractivity contribution in [3.63, 3.8) is 0 Å². The Hall–Kier alpha value is -3.02. The van der Waals surface area contributed by atoms with Crippen LogP contribution in [-0.4, -0.2) is 21.9 Å². The highest BCUT2D eigenvalue weighted by Crippen LogP contribution is 2.15. The van der Waals surface area contributed by atoms with Gasteiger partial charge in [-0.05, 0) is 29.8 Å². The largest absolute Gasteiger partial charge is 0.497 e. The fourth-order valence-electron chi connectivity index (χ4n) is 2.08. The predicted molar refractivity (Wildman–Crippen MR) is 86.1 cm³/mol. The second-order valence-corrected chi connectivity index (χ2v) is 4.74. The van der Waals surface area contributed by atoms with Crippen LogP contribution in [0.25, 0.3) is 5.69 Å². The molecule has 22 heavy (non-hydrogen) atoms. The smallest absolute Gasteiger partial charge is 0.244 e. The lowest BCUT2D eigenvalue weighted by Gasteiger charge is -2.04. The molecule has 1 aromatic heterocycles. The van der Waals surface area contributed by atoms with Gasteiger partial charge in [-0.15, -0.1) is 5.10 Å². The number of hydrogen-bond acceptors (Lipinski definition) is 5. The van der Waals surface area contributed by atoms with Gasteiger partial charge in [0.15, 0.2) is 0 Å². The Morgan fingerprint density at radius 2 is 1.82 bits per heavy atom. The highest BCUT2D eigenvalue weighted by molar-refractivity contribution is 5.42. The summed E-state index contributed by atoms with van der Waals surface area (Å²) >= 11 is 0. The molecule has 0 aliphatic rings. The molecule has 0 saturated heterocycles. The molecule has 2 aromatic carbocycles. The van der Waals surface area contributed by atoms with E-state index in [0.717, 1.165) is 17.0 Å². The van der Waals surface area contributed by atoms with Crippen LogP contribution in [0.15, 0.2) is 54.6 Å². The molecule has 6 nitrogen and oxygen atoms in total. The van der Waals surface area contributed by atoms with Crippen molar-refractivity contribution < 1.29 is 4.74 Å². The van der Waals surface area contributed by atoms with E-state index in [1.165, 1.54) is 0 Å². The van der Waals surface area contributed by atoms with Gasteiger partial charge in [-0.2, -0.15) is 9.67 Å². The van der Waals surface area contributed by atoms with E-state index in [9.17, 15) is 0 Å². The Balaban J connectivity index is 1.71. The Kier molecular flexibility index (Phi) is 3.91. The van der Waals surface area contributed by atoms with Gasteiger partial charge in [0.2, 0.25) is 11.9 Å². The van der Waals surface area contributed by atoms with Crippen molar-refractivity contribution in [2.24, 2.45) is 0 Å². The van der Waals surface area contributed by atoms with Crippen LogP contribution in [0.2, 0.25) is 0 Å². The number of nitrogens with zero attached hydrogens (tertiary/aromatic N) is 3. The summed E-state index contributed by atoms with van der Waals surface area (Å²) in [6, 6.07) is 17.5. The van der Waals surface area contributed by atoms with Crippen LogP contribution in [0, 0.1) is 0 Å². The van der Waals surface area contributed by atoms with Crippen LogP contribution >= 0.6 is 0 Å². The quantitative estimate of drug-likeness (QED) is 0.756. The number of ether oxygens (including phenoxy) is 1. The molecule has 0 aliphatic heterocycles. The molecule has 0 fully saturated rings. The first-order chi connectivity index (χ1) is 10.8. The number of benzene rings is 2. The topological polar surface area (TPSA) is 78.0 Å². The number of methoxy groups -OCH3 is 1. The zero-order valence-corrected chi connectivity index (χ0v) is 12.2. The standard InChI is InChI=1S/C16H17N5O/c1-22-14-9-7-12(8-10-14)11-18-16-19-15(17)21(20-16)13-5-3-2-4-6-13/h2-10H,11H2,1H3,(H3,17,18,19,20). The van der Waals surface area contributed by atoms with Gasteiger partial charge in [-0.1, -0.05) is 30.3 Å². The SMILES string of the molecule is COc1ccc(CNc2nc(N)n(-c3ccccc3)n2)cc1. The van der Waals surface area contributed by atoms with Gasteiger partial charge in [0.25, 0.3) is 0 Å². The molecular weight excluding hydrogens is 278 g/mol. The number of nitrogen functional groups attached to an aromatic ring is 1. The third-order valence-electron chi connectivity index (χ3n) is 3.24. The van der Waals surface area contributed by atoms with E-state index in [0.29, 0.717) is 18.4 Å². The van der Waals surface area contributed by atoms with Gasteiger partial charge in [-0.25, -0.2) is 0 Å². The number of para-hydroxylation sites is 1. The summed E-state index contributed by atoms with van der Waals surface area (Å²) in [6.07, 6.45) is 0. The Morgan fingerprint density at radius 1 is 1.09 bits per heavy atom. The summed E-state index contributed by atoms with van der Waals surface area (Å²) in [5.74, 6) is 1.68. The van der Waals surface area contributed by atoms with E-state index in [4.69, 9.17) is 10.5 Å². The van der Waals surface area contributed by atoms with Gasteiger partial charge in [-0.3, -0.25) is 0 Å². The molecule has 0 aliphatic carbocycles. The van der Waals surface area contributed by atoms with E-state index in [1.807, 2.05) is 54.6 Å². The first-order valence-corrected chi connectivity index (χ1v) is 6.91. The lowest BCUT2D eigenvalue weighted by atomic mass is 10.2. The van der Waals surface area contributed by atoms with Crippen LogP contribution in [0.4, 0.5) is 11.9 Å². The summed E-state index contributed by atoms with van der Waals surface area (Å²) in [7, 11) is 1.65. The molecule has 0 bridgehead atoms. The summed E-state index contributed by atoms with van der Waals surface area (Å²) in [4.78, 5) is 4.23. The van der Waals surface area contributed by atoms with Crippen LogP contribution < -0.4 is 15.8 Å². The van der Waals surface area contributed by atoms with Gasteiger partial charge >= 0.3 is 0 Å². The molecule has 3 aromatic rings. The third kappa shape index (κ3) is 3.01. The number of rotatable bonds is 5. The third-order valence-corrected chi connectivity index (χ3v) is 3.24. The molecule has 0 amide bonds. The van der Waals surface area contributed by atoms with Crippen molar-refractivity contribution in [3.8, 4) is 11.4 Å². The van der Waals surface area contributed by atoms with Gasteiger partial charge in [0.05, 0.1) is 12.8 Å². The number of hydrogen-bond donors (Lipinski definition) is 2. The van der Waals surface area contributed by atoms with Crippen molar-refractivity contribution in [1.82, 2.24) is 14.8 Å². The minimum atomic E-state index is 0.350. The normalized spacial score (nSPS) is 10.4. The number of nitrogens with two attached hydrogens (primary N) is 1. The lowest BCUT2D eigenvalue weighted by molar-refractivity contribution is 0.414. The van der Waals surface area contributed by atoms with Gasteiger partial charge in [0, 0.05) is 6.54 Å². The zero-order valence-electron chi connectivity index (χ0n) is 12.2. The second kappa shape index (κ2) is 6.17. The maximum atomic E-state index is 5.91. The Morgan fingerprint density at radius 3 is 2.50 bits per heavy atom. The minimum Gasteiger partial charge on any atom is -0.497 e. The first-order valence-electron chi connectivity index (χ1n) is 6.91. The molecule has 0 atom stereocenters. The van der Waals surface area contributed by atoms with Crippen LogP contribution in [0.5, 0.6) is 5.75 Å². The summed E-state index contributed by atoms with van der Waals surface area (Å²) in [5.41, 5.74) is 7.90. The summed E-state index contributed by atoms with van der Waals surface area (Å²) < 4.78 is 6.74. The number of aromatic nitrogens is 3. The van der Waals surface area contributed by atoms with E-state index in [1.54, 1.807) is 11.8 Å². The highest BCUT2D eigenvalue weighted by Gasteiger charge is 2.08. The van der Waals surface area contributed by atoms with Crippen molar-refractivity contribution in [2.75, 3.05) is 18.2 Å². The van der Waals surface area contributed by atoms with Crippen LogP contribution in [0.1, 0.15) is 5.56 Å². The molecule has 3 N–H and O–H groups in total. The van der Waals surface area contributed by atoms with E-state index < -0.39 is 0 Å². The van der Waals surface area contributed by atoms with Gasteiger partial charge < -0.3 is 15.8 Å². The second-order valence-electron chi connectivity index (χ2n) is 4.74. The summed E-state index contributed by atoms with van der Waals surface area (Å²) in [5, 5.41) is 7.54. The van der Waals surface area contributed by atoms with Crippen molar-refractivity contribution >= 4 is 11.9 Å². The average molecular weight is 295 g/mol. The van der Waals surface area contributed by atoms with Crippen molar-refractivity contribution in [1.29, 1.82) is 0 Å². The van der Waals surface area contributed by atoms with Crippen LogP contribution in [0.3, 0.4) is 0 Å².